The molecule has 1 aliphatic rings. The molecule has 1 aliphatic heterocycles. The smallest absolute Gasteiger partial charge is 0.189 e. The molecule has 0 bridgehead atoms. The SMILES string of the molecule is CCN1CCOC(CSc2nc(C)cc(N)n2)C1. The fraction of sp³-hybridized carbons (Fsp3) is 0.667. The average Bonchev–Trinajstić information content (AvgIpc) is 2.35. The molecule has 1 aromatic rings. The van der Waals surface area contributed by atoms with Gasteiger partial charge >= 0.3 is 0 Å². The number of nitrogens with two attached hydrogens (primary N) is 1. The summed E-state index contributed by atoms with van der Waals surface area (Å²) in [5.41, 5.74) is 6.61. The van der Waals surface area contributed by atoms with Gasteiger partial charge in [-0.2, -0.15) is 0 Å². The summed E-state index contributed by atoms with van der Waals surface area (Å²) < 4.78 is 5.74. The number of nitrogen functional groups attached to an aromatic ring is 1. The highest BCUT2D eigenvalue weighted by Gasteiger charge is 2.19. The second-order valence-electron chi connectivity index (χ2n) is 4.41. The molecule has 6 heteroatoms. The average molecular weight is 268 g/mol. The van der Waals surface area contributed by atoms with Crippen molar-refractivity contribution >= 4 is 17.6 Å². The molecule has 18 heavy (non-hydrogen) atoms. The predicted molar refractivity (Wildman–Crippen MR) is 73.8 cm³/mol. The van der Waals surface area contributed by atoms with Crippen LogP contribution in [0.25, 0.3) is 0 Å². The fourth-order valence-electron chi connectivity index (χ4n) is 1.97. The van der Waals surface area contributed by atoms with Gasteiger partial charge in [0.1, 0.15) is 5.82 Å². The number of anilines is 1. The predicted octanol–water partition coefficient (Wildman–Crippen LogP) is 1.18. The molecule has 1 unspecified atom stereocenters. The lowest BCUT2D eigenvalue weighted by Crippen LogP contribution is -2.43. The van der Waals surface area contributed by atoms with Crippen molar-refractivity contribution in [2.24, 2.45) is 0 Å². The third-order valence-corrected chi connectivity index (χ3v) is 3.90. The van der Waals surface area contributed by atoms with Crippen LogP contribution in [0.15, 0.2) is 11.2 Å². The number of thioether (sulfide) groups is 1. The summed E-state index contributed by atoms with van der Waals surface area (Å²) in [7, 11) is 0. The van der Waals surface area contributed by atoms with Crippen LogP contribution in [0.4, 0.5) is 5.82 Å². The van der Waals surface area contributed by atoms with Gasteiger partial charge < -0.3 is 10.5 Å². The Hall–Kier alpha value is -0.850. The minimum atomic E-state index is 0.258. The van der Waals surface area contributed by atoms with Crippen LogP contribution in [0.5, 0.6) is 0 Å². The van der Waals surface area contributed by atoms with Gasteiger partial charge in [0.15, 0.2) is 5.16 Å². The Kier molecular flexibility index (Phi) is 4.79. The van der Waals surface area contributed by atoms with Gasteiger partial charge in [-0.3, -0.25) is 4.90 Å². The summed E-state index contributed by atoms with van der Waals surface area (Å²) in [6.45, 7) is 8.03. The van der Waals surface area contributed by atoms with E-state index in [9.17, 15) is 0 Å². The molecule has 1 aromatic heterocycles. The Labute approximate surface area is 112 Å². The molecule has 0 spiro atoms. The highest BCUT2D eigenvalue weighted by molar-refractivity contribution is 7.99. The molecule has 0 aliphatic carbocycles. The molecule has 0 saturated carbocycles. The van der Waals surface area contributed by atoms with E-state index < -0.39 is 0 Å². The zero-order valence-corrected chi connectivity index (χ0v) is 11.7. The first kappa shape index (κ1) is 13.6. The van der Waals surface area contributed by atoms with Crippen molar-refractivity contribution in [2.75, 3.05) is 37.7 Å². The molecule has 1 fully saturated rings. The largest absolute Gasteiger partial charge is 0.384 e. The highest BCUT2D eigenvalue weighted by atomic mass is 32.2. The Balaban J connectivity index is 1.87. The molecule has 0 aromatic carbocycles. The molecule has 1 saturated heterocycles. The van der Waals surface area contributed by atoms with Crippen molar-refractivity contribution < 1.29 is 4.74 Å². The van der Waals surface area contributed by atoms with Gasteiger partial charge in [0.25, 0.3) is 0 Å². The van der Waals surface area contributed by atoms with Gasteiger partial charge in [0.2, 0.25) is 0 Å². The second kappa shape index (κ2) is 6.36. The summed E-state index contributed by atoms with van der Waals surface area (Å²) in [4.78, 5) is 11.0. The van der Waals surface area contributed by atoms with E-state index in [2.05, 4.69) is 21.8 Å². The van der Waals surface area contributed by atoms with Crippen LogP contribution in [0.1, 0.15) is 12.6 Å². The Morgan fingerprint density at radius 1 is 1.56 bits per heavy atom. The van der Waals surface area contributed by atoms with Gasteiger partial charge in [-0.25, -0.2) is 9.97 Å². The fourth-order valence-corrected chi connectivity index (χ4v) is 2.88. The van der Waals surface area contributed by atoms with Crippen LogP contribution in [0.3, 0.4) is 0 Å². The van der Waals surface area contributed by atoms with Gasteiger partial charge in [-0.15, -0.1) is 0 Å². The number of likely N-dealkylation sites (N-methyl/N-ethyl adjacent to an activating group) is 1. The molecular weight excluding hydrogens is 248 g/mol. The lowest BCUT2D eigenvalue weighted by molar-refractivity contribution is -0.0137. The maximum absolute atomic E-state index is 5.74. The van der Waals surface area contributed by atoms with Gasteiger partial charge in [0.05, 0.1) is 12.7 Å². The summed E-state index contributed by atoms with van der Waals surface area (Å²) in [6.07, 6.45) is 0.258. The van der Waals surface area contributed by atoms with Crippen molar-refractivity contribution in [1.29, 1.82) is 0 Å². The van der Waals surface area contributed by atoms with Crippen LogP contribution in [-0.4, -0.2) is 53.0 Å². The molecule has 1 atom stereocenters. The van der Waals surface area contributed by atoms with Crippen LogP contribution >= 0.6 is 11.8 Å². The number of nitrogens with zero attached hydrogens (tertiary/aromatic N) is 3. The van der Waals surface area contributed by atoms with Gasteiger partial charge in [-0.1, -0.05) is 18.7 Å². The highest BCUT2D eigenvalue weighted by Crippen LogP contribution is 2.18. The number of aryl methyl sites for hydroxylation is 1. The van der Waals surface area contributed by atoms with Crippen LogP contribution in [-0.2, 0) is 4.74 Å². The minimum absolute atomic E-state index is 0.258. The zero-order valence-electron chi connectivity index (χ0n) is 10.9. The van der Waals surface area contributed by atoms with Crippen molar-refractivity contribution in [3.05, 3.63) is 11.8 Å². The topological polar surface area (TPSA) is 64.3 Å². The summed E-state index contributed by atoms with van der Waals surface area (Å²) in [6, 6.07) is 1.78. The molecular formula is C12H20N4OS. The zero-order chi connectivity index (χ0) is 13.0. The Morgan fingerprint density at radius 2 is 2.39 bits per heavy atom. The third kappa shape index (κ3) is 3.83. The van der Waals surface area contributed by atoms with Gasteiger partial charge in [0, 0.05) is 30.6 Å². The van der Waals surface area contributed by atoms with E-state index in [1.165, 1.54) is 0 Å². The lowest BCUT2D eigenvalue weighted by atomic mass is 10.3. The van der Waals surface area contributed by atoms with E-state index in [-0.39, 0.29) is 6.10 Å². The molecule has 2 N–H and O–H groups in total. The first-order valence-corrected chi connectivity index (χ1v) is 7.24. The number of aromatic nitrogens is 2. The maximum atomic E-state index is 5.74. The van der Waals surface area contributed by atoms with E-state index in [4.69, 9.17) is 10.5 Å². The minimum Gasteiger partial charge on any atom is -0.384 e. The molecule has 0 radical (unpaired) electrons. The maximum Gasteiger partial charge on any atom is 0.189 e. The van der Waals surface area contributed by atoms with Crippen molar-refractivity contribution in [2.45, 2.75) is 25.1 Å². The number of ether oxygens (including phenoxy) is 1. The number of morpholine rings is 1. The number of rotatable bonds is 4. The van der Waals surface area contributed by atoms with Crippen LogP contribution in [0.2, 0.25) is 0 Å². The molecule has 0 amide bonds. The lowest BCUT2D eigenvalue weighted by Gasteiger charge is -2.31. The monoisotopic (exact) mass is 268 g/mol. The number of hydrogen-bond acceptors (Lipinski definition) is 6. The van der Waals surface area contributed by atoms with E-state index in [1.54, 1.807) is 17.8 Å². The summed E-state index contributed by atoms with van der Waals surface area (Å²) in [5.74, 6) is 1.41. The Morgan fingerprint density at radius 3 is 3.11 bits per heavy atom. The summed E-state index contributed by atoms with van der Waals surface area (Å²) in [5, 5.41) is 0.740. The standard InChI is InChI=1S/C12H20N4OS/c1-3-16-4-5-17-10(7-16)8-18-12-14-9(2)6-11(13)15-12/h6,10H,3-5,7-8H2,1-2H3,(H2,13,14,15). The van der Waals surface area contributed by atoms with E-state index in [1.807, 2.05) is 6.92 Å². The van der Waals surface area contributed by atoms with Crippen molar-refractivity contribution in [1.82, 2.24) is 14.9 Å². The normalized spacial score (nSPS) is 21.1. The second-order valence-corrected chi connectivity index (χ2v) is 5.40. The van der Waals surface area contributed by atoms with Crippen molar-refractivity contribution in [3.8, 4) is 0 Å². The number of hydrogen-bond donors (Lipinski definition) is 1. The molecule has 2 heterocycles. The van der Waals surface area contributed by atoms with Crippen LogP contribution < -0.4 is 5.73 Å². The van der Waals surface area contributed by atoms with E-state index in [0.717, 1.165) is 42.8 Å². The van der Waals surface area contributed by atoms with E-state index >= 15 is 0 Å². The van der Waals surface area contributed by atoms with Crippen LogP contribution in [0, 0.1) is 6.92 Å². The van der Waals surface area contributed by atoms with Gasteiger partial charge in [-0.05, 0) is 13.5 Å². The first-order chi connectivity index (χ1) is 8.67. The first-order valence-electron chi connectivity index (χ1n) is 6.25. The Bertz CT molecular complexity index is 381. The third-order valence-electron chi connectivity index (χ3n) is 2.92. The molecule has 5 nitrogen and oxygen atoms in total. The van der Waals surface area contributed by atoms with E-state index in [0.29, 0.717) is 5.82 Å². The molecule has 100 valence electrons. The van der Waals surface area contributed by atoms with Crippen molar-refractivity contribution in [3.63, 3.8) is 0 Å². The summed E-state index contributed by atoms with van der Waals surface area (Å²) >= 11 is 1.61. The quantitative estimate of drug-likeness (QED) is 0.653. The molecule has 2 rings (SSSR count).